The summed E-state index contributed by atoms with van der Waals surface area (Å²) in [4.78, 5) is 26.4. The van der Waals surface area contributed by atoms with Gasteiger partial charge in [-0.2, -0.15) is 0 Å². The molecule has 0 aromatic carbocycles. The molecular formula is C15H16FN5O. The summed E-state index contributed by atoms with van der Waals surface area (Å²) in [5.41, 5.74) is 0.670. The lowest BCUT2D eigenvalue weighted by atomic mass is 10.2. The third kappa shape index (κ3) is 3.19. The van der Waals surface area contributed by atoms with E-state index in [0.717, 1.165) is 32.1 Å². The Morgan fingerprint density at radius 1 is 1.27 bits per heavy atom. The van der Waals surface area contributed by atoms with Crippen LogP contribution >= 0.6 is 0 Å². The summed E-state index contributed by atoms with van der Waals surface area (Å²) in [6.07, 6.45) is 6.37. The van der Waals surface area contributed by atoms with Gasteiger partial charge in [-0.25, -0.2) is 14.4 Å². The van der Waals surface area contributed by atoms with Crippen molar-refractivity contribution >= 4 is 11.9 Å². The minimum atomic E-state index is -0.638. The van der Waals surface area contributed by atoms with Crippen LogP contribution in [0.15, 0.2) is 30.7 Å². The highest BCUT2D eigenvalue weighted by atomic mass is 19.1. The van der Waals surface area contributed by atoms with Crippen molar-refractivity contribution in [1.29, 1.82) is 0 Å². The van der Waals surface area contributed by atoms with E-state index in [1.807, 2.05) is 0 Å². The molecule has 7 heteroatoms. The van der Waals surface area contributed by atoms with Crippen LogP contribution in [0.25, 0.3) is 0 Å². The molecule has 1 amide bonds. The summed E-state index contributed by atoms with van der Waals surface area (Å²) in [5, 5.41) is 2.66. The number of aromatic nitrogens is 3. The van der Waals surface area contributed by atoms with E-state index in [9.17, 15) is 9.18 Å². The first-order valence-electron chi connectivity index (χ1n) is 7.18. The van der Waals surface area contributed by atoms with Crippen molar-refractivity contribution in [3.8, 4) is 0 Å². The highest BCUT2D eigenvalue weighted by Gasteiger charge is 2.15. The van der Waals surface area contributed by atoms with Gasteiger partial charge in [0.05, 0.1) is 24.0 Å². The average molecular weight is 301 g/mol. The van der Waals surface area contributed by atoms with Crippen LogP contribution in [-0.2, 0) is 6.54 Å². The molecule has 2 aromatic heterocycles. The number of hydrogen-bond donors (Lipinski definition) is 1. The summed E-state index contributed by atoms with van der Waals surface area (Å²) < 4.78 is 13.5. The molecule has 0 aliphatic carbocycles. The number of nitrogens with zero attached hydrogens (tertiary/aromatic N) is 4. The Kier molecular flexibility index (Phi) is 4.22. The molecule has 0 unspecified atom stereocenters. The standard InChI is InChI=1S/C15H16FN5O/c16-13-10-17-5-4-12(13)14(22)19-9-11-3-6-18-15(20-11)21-7-1-2-8-21/h3-6,10H,1-2,7-9H2,(H,19,22). The normalized spacial score (nSPS) is 14.1. The lowest BCUT2D eigenvalue weighted by Gasteiger charge is -2.15. The van der Waals surface area contributed by atoms with Gasteiger partial charge in [0.15, 0.2) is 5.82 Å². The zero-order chi connectivity index (χ0) is 15.4. The molecule has 6 nitrogen and oxygen atoms in total. The van der Waals surface area contributed by atoms with E-state index in [-0.39, 0.29) is 12.1 Å². The molecule has 0 radical (unpaired) electrons. The van der Waals surface area contributed by atoms with Gasteiger partial charge >= 0.3 is 0 Å². The first-order chi connectivity index (χ1) is 10.7. The van der Waals surface area contributed by atoms with Gasteiger partial charge in [-0.3, -0.25) is 9.78 Å². The molecule has 1 N–H and O–H groups in total. The smallest absolute Gasteiger partial charge is 0.254 e. The molecule has 1 aliphatic rings. The monoisotopic (exact) mass is 301 g/mol. The van der Waals surface area contributed by atoms with Gasteiger partial charge in [-0.1, -0.05) is 0 Å². The van der Waals surface area contributed by atoms with Gasteiger partial charge in [0, 0.05) is 25.5 Å². The van der Waals surface area contributed by atoms with Gasteiger partial charge in [-0.05, 0) is 25.0 Å². The Balaban J connectivity index is 1.65. The fraction of sp³-hybridized carbons (Fsp3) is 0.333. The third-order valence-corrected chi connectivity index (χ3v) is 3.54. The Labute approximate surface area is 127 Å². The minimum Gasteiger partial charge on any atom is -0.346 e. The van der Waals surface area contributed by atoms with Gasteiger partial charge in [0.1, 0.15) is 0 Å². The number of nitrogens with one attached hydrogen (secondary N) is 1. The number of hydrogen-bond acceptors (Lipinski definition) is 5. The van der Waals surface area contributed by atoms with Crippen LogP contribution in [0.2, 0.25) is 0 Å². The summed E-state index contributed by atoms with van der Waals surface area (Å²) >= 11 is 0. The van der Waals surface area contributed by atoms with Crippen molar-refractivity contribution in [2.75, 3.05) is 18.0 Å². The fourth-order valence-electron chi connectivity index (χ4n) is 2.38. The minimum absolute atomic E-state index is 0.0242. The van der Waals surface area contributed by atoms with Gasteiger partial charge in [0.25, 0.3) is 5.91 Å². The van der Waals surface area contributed by atoms with Gasteiger partial charge in [-0.15, -0.1) is 0 Å². The lowest BCUT2D eigenvalue weighted by Crippen LogP contribution is -2.25. The zero-order valence-electron chi connectivity index (χ0n) is 12.0. The number of amides is 1. The number of carbonyl (C=O) groups is 1. The van der Waals surface area contributed by atoms with Crippen LogP contribution in [-0.4, -0.2) is 33.9 Å². The van der Waals surface area contributed by atoms with Crippen molar-refractivity contribution in [2.45, 2.75) is 19.4 Å². The SMILES string of the molecule is O=C(NCc1ccnc(N2CCCC2)n1)c1ccncc1F. The van der Waals surface area contributed by atoms with Crippen LogP contribution in [0.5, 0.6) is 0 Å². The Morgan fingerprint density at radius 3 is 2.86 bits per heavy atom. The van der Waals surface area contributed by atoms with Crippen LogP contribution in [0.4, 0.5) is 10.3 Å². The van der Waals surface area contributed by atoms with E-state index in [0.29, 0.717) is 11.6 Å². The van der Waals surface area contributed by atoms with Gasteiger partial charge < -0.3 is 10.2 Å². The highest BCUT2D eigenvalue weighted by molar-refractivity contribution is 5.94. The van der Waals surface area contributed by atoms with Crippen LogP contribution in [0, 0.1) is 5.82 Å². The van der Waals surface area contributed by atoms with Crippen LogP contribution in [0.1, 0.15) is 28.9 Å². The van der Waals surface area contributed by atoms with Gasteiger partial charge in [0.2, 0.25) is 5.95 Å². The first-order valence-corrected chi connectivity index (χ1v) is 7.18. The van der Waals surface area contributed by atoms with Crippen molar-refractivity contribution in [1.82, 2.24) is 20.3 Å². The number of anilines is 1. The number of carbonyl (C=O) groups excluding carboxylic acids is 1. The maximum absolute atomic E-state index is 13.5. The summed E-state index contributed by atoms with van der Waals surface area (Å²) in [6.45, 7) is 2.14. The molecule has 2 aromatic rings. The molecule has 1 saturated heterocycles. The largest absolute Gasteiger partial charge is 0.346 e. The highest BCUT2D eigenvalue weighted by Crippen LogP contribution is 2.15. The number of rotatable bonds is 4. The van der Waals surface area contributed by atoms with E-state index < -0.39 is 11.7 Å². The van der Waals surface area contributed by atoms with E-state index >= 15 is 0 Å². The predicted molar refractivity (Wildman–Crippen MR) is 78.8 cm³/mol. The summed E-state index contributed by atoms with van der Waals surface area (Å²) in [6, 6.07) is 3.09. The molecule has 3 rings (SSSR count). The van der Waals surface area contributed by atoms with Crippen LogP contribution in [0.3, 0.4) is 0 Å². The second-order valence-electron chi connectivity index (χ2n) is 5.08. The van der Waals surface area contributed by atoms with E-state index in [4.69, 9.17) is 0 Å². The molecule has 114 valence electrons. The molecule has 0 atom stereocenters. The topological polar surface area (TPSA) is 71.0 Å². The van der Waals surface area contributed by atoms with E-state index in [1.165, 1.54) is 12.3 Å². The Hall–Kier alpha value is -2.57. The molecule has 22 heavy (non-hydrogen) atoms. The summed E-state index contributed by atoms with van der Waals surface area (Å²) in [7, 11) is 0. The molecule has 3 heterocycles. The fourth-order valence-corrected chi connectivity index (χ4v) is 2.38. The zero-order valence-corrected chi connectivity index (χ0v) is 12.0. The maximum Gasteiger partial charge on any atom is 0.254 e. The molecular weight excluding hydrogens is 285 g/mol. The van der Waals surface area contributed by atoms with Crippen molar-refractivity contribution < 1.29 is 9.18 Å². The van der Waals surface area contributed by atoms with Crippen molar-refractivity contribution in [3.05, 3.63) is 47.8 Å². The quantitative estimate of drug-likeness (QED) is 0.927. The third-order valence-electron chi connectivity index (χ3n) is 3.54. The second kappa shape index (κ2) is 6.46. The summed E-state index contributed by atoms with van der Waals surface area (Å²) in [5.74, 6) is -0.444. The molecule has 0 bridgehead atoms. The maximum atomic E-state index is 13.5. The molecule has 1 aliphatic heterocycles. The predicted octanol–water partition coefficient (Wildman–Crippen LogP) is 1.54. The number of halogens is 1. The second-order valence-corrected chi connectivity index (χ2v) is 5.08. The van der Waals surface area contributed by atoms with E-state index in [2.05, 4.69) is 25.2 Å². The first kappa shape index (κ1) is 14.4. The Bertz CT molecular complexity index is 672. The van der Waals surface area contributed by atoms with Crippen LogP contribution < -0.4 is 10.2 Å². The lowest BCUT2D eigenvalue weighted by molar-refractivity contribution is 0.0946. The average Bonchev–Trinajstić information content (AvgIpc) is 3.08. The molecule has 0 spiro atoms. The van der Waals surface area contributed by atoms with Crippen molar-refractivity contribution in [3.63, 3.8) is 0 Å². The Morgan fingerprint density at radius 2 is 2.09 bits per heavy atom. The number of pyridine rings is 1. The molecule has 1 fully saturated rings. The molecule has 0 saturated carbocycles. The van der Waals surface area contributed by atoms with Crippen molar-refractivity contribution in [2.24, 2.45) is 0 Å². The van der Waals surface area contributed by atoms with E-state index in [1.54, 1.807) is 12.3 Å².